The second kappa shape index (κ2) is 6.19. The minimum absolute atomic E-state index is 0.0315. The van der Waals surface area contributed by atoms with Crippen LogP contribution in [0.4, 0.5) is 5.69 Å². The lowest BCUT2D eigenvalue weighted by Gasteiger charge is -2.35. The summed E-state index contributed by atoms with van der Waals surface area (Å²) >= 11 is 0. The van der Waals surface area contributed by atoms with Gasteiger partial charge in [0.05, 0.1) is 7.11 Å². The number of anilines is 1. The quantitative estimate of drug-likeness (QED) is 0.863. The van der Waals surface area contributed by atoms with Crippen LogP contribution in [-0.4, -0.2) is 49.3 Å². The molecule has 0 unspecified atom stereocenters. The van der Waals surface area contributed by atoms with E-state index in [9.17, 15) is 4.79 Å². The molecule has 0 bridgehead atoms. The van der Waals surface area contributed by atoms with Crippen LogP contribution in [0.2, 0.25) is 0 Å². The van der Waals surface area contributed by atoms with Gasteiger partial charge in [-0.1, -0.05) is 11.2 Å². The third-order valence-corrected chi connectivity index (χ3v) is 4.71. The third-order valence-electron chi connectivity index (χ3n) is 4.71. The molecule has 6 heteroatoms. The van der Waals surface area contributed by atoms with Gasteiger partial charge in [-0.25, -0.2) is 0 Å². The number of piperazine rings is 1. The highest BCUT2D eigenvalue weighted by molar-refractivity contribution is 5.92. The van der Waals surface area contributed by atoms with E-state index >= 15 is 0 Å². The minimum atomic E-state index is -0.0315. The number of carbonyl (C=O) groups is 1. The van der Waals surface area contributed by atoms with E-state index in [-0.39, 0.29) is 5.91 Å². The summed E-state index contributed by atoms with van der Waals surface area (Å²) in [5, 5.41) is 3.96. The van der Waals surface area contributed by atoms with Crippen molar-refractivity contribution in [3.05, 3.63) is 41.8 Å². The number of methoxy groups -OCH3 is 1. The monoisotopic (exact) mass is 327 g/mol. The van der Waals surface area contributed by atoms with Gasteiger partial charge >= 0.3 is 0 Å². The molecule has 24 heavy (non-hydrogen) atoms. The van der Waals surface area contributed by atoms with E-state index in [4.69, 9.17) is 9.26 Å². The number of ether oxygens (including phenoxy) is 1. The van der Waals surface area contributed by atoms with E-state index in [2.05, 4.69) is 16.1 Å². The van der Waals surface area contributed by atoms with Gasteiger partial charge in [0.15, 0.2) is 5.69 Å². The number of benzene rings is 1. The van der Waals surface area contributed by atoms with Crippen LogP contribution < -0.4 is 9.64 Å². The first kappa shape index (κ1) is 15.1. The highest BCUT2D eigenvalue weighted by atomic mass is 16.5. The van der Waals surface area contributed by atoms with Crippen LogP contribution in [0.25, 0.3) is 0 Å². The highest BCUT2D eigenvalue weighted by Crippen LogP contribution is 2.40. The SMILES string of the molecule is COc1cccc(N2CCN(C(=O)c3cc(C4CC4)on3)CC2)c1. The molecule has 1 aromatic carbocycles. The molecule has 2 fully saturated rings. The maximum absolute atomic E-state index is 12.6. The Balaban J connectivity index is 1.38. The highest BCUT2D eigenvalue weighted by Gasteiger charge is 2.30. The summed E-state index contributed by atoms with van der Waals surface area (Å²) in [6.07, 6.45) is 2.28. The van der Waals surface area contributed by atoms with E-state index in [1.54, 1.807) is 7.11 Å². The fraction of sp³-hybridized carbons (Fsp3) is 0.444. The van der Waals surface area contributed by atoms with Crippen molar-refractivity contribution in [2.75, 3.05) is 38.2 Å². The molecule has 2 heterocycles. The van der Waals surface area contributed by atoms with Crippen molar-refractivity contribution >= 4 is 11.6 Å². The van der Waals surface area contributed by atoms with Crippen molar-refractivity contribution < 1.29 is 14.1 Å². The molecule has 0 N–H and O–H groups in total. The van der Waals surface area contributed by atoms with E-state index in [1.165, 1.54) is 0 Å². The van der Waals surface area contributed by atoms with Gasteiger partial charge in [0.1, 0.15) is 11.5 Å². The Morgan fingerprint density at radius 2 is 2.00 bits per heavy atom. The lowest BCUT2D eigenvalue weighted by atomic mass is 10.2. The molecule has 0 radical (unpaired) electrons. The van der Waals surface area contributed by atoms with Gasteiger partial charge in [0, 0.05) is 49.9 Å². The topological polar surface area (TPSA) is 58.8 Å². The number of nitrogens with zero attached hydrogens (tertiary/aromatic N) is 3. The molecule has 1 amide bonds. The van der Waals surface area contributed by atoms with Gasteiger partial charge in [-0.15, -0.1) is 0 Å². The average Bonchev–Trinajstić information content (AvgIpc) is 3.38. The van der Waals surface area contributed by atoms with Crippen molar-refractivity contribution in [3.63, 3.8) is 0 Å². The Labute approximate surface area is 141 Å². The van der Waals surface area contributed by atoms with Crippen LogP contribution in [0, 0.1) is 0 Å². The number of hydrogen-bond acceptors (Lipinski definition) is 5. The van der Waals surface area contributed by atoms with Gasteiger partial charge in [0.25, 0.3) is 5.91 Å². The predicted octanol–water partition coefficient (Wildman–Crippen LogP) is 2.52. The zero-order chi connectivity index (χ0) is 16.5. The molecule has 1 aliphatic heterocycles. The molecule has 2 aromatic rings. The predicted molar refractivity (Wildman–Crippen MR) is 89.6 cm³/mol. The Morgan fingerprint density at radius 3 is 2.71 bits per heavy atom. The van der Waals surface area contributed by atoms with Crippen LogP contribution in [0.3, 0.4) is 0 Å². The largest absolute Gasteiger partial charge is 0.497 e. The summed E-state index contributed by atoms with van der Waals surface area (Å²) in [4.78, 5) is 16.7. The molecule has 1 aromatic heterocycles. The maximum Gasteiger partial charge on any atom is 0.276 e. The Morgan fingerprint density at radius 1 is 1.21 bits per heavy atom. The fourth-order valence-corrected chi connectivity index (χ4v) is 3.09. The molecule has 1 saturated carbocycles. The van der Waals surface area contributed by atoms with Crippen molar-refractivity contribution in [3.8, 4) is 5.75 Å². The zero-order valence-corrected chi connectivity index (χ0v) is 13.8. The smallest absolute Gasteiger partial charge is 0.276 e. The molecule has 0 atom stereocenters. The number of aromatic nitrogens is 1. The molecule has 0 spiro atoms. The van der Waals surface area contributed by atoms with Crippen molar-refractivity contribution in [1.29, 1.82) is 0 Å². The second-order valence-corrected chi connectivity index (χ2v) is 6.37. The summed E-state index contributed by atoms with van der Waals surface area (Å²) < 4.78 is 10.6. The number of carbonyl (C=O) groups excluding carboxylic acids is 1. The number of hydrogen-bond donors (Lipinski definition) is 0. The zero-order valence-electron chi connectivity index (χ0n) is 13.8. The number of rotatable bonds is 4. The van der Waals surface area contributed by atoms with Gasteiger partial charge in [-0.3, -0.25) is 4.79 Å². The first-order chi connectivity index (χ1) is 11.7. The molecule has 126 valence electrons. The second-order valence-electron chi connectivity index (χ2n) is 6.37. The normalized spacial score (nSPS) is 17.9. The van der Waals surface area contributed by atoms with E-state index < -0.39 is 0 Å². The molecular weight excluding hydrogens is 306 g/mol. The lowest BCUT2D eigenvalue weighted by Crippen LogP contribution is -2.48. The first-order valence-electron chi connectivity index (χ1n) is 8.39. The van der Waals surface area contributed by atoms with Crippen LogP contribution in [0.1, 0.15) is 35.0 Å². The summed E-state index contributed by atoms with van der Waals surface area (Å²) in [7, 11) is 1.67. The lowest BCUT2D eigenvalue weighted by molar-refractivity contribution is 0.0736. The summed E-state index contributed by atoms with van der Waals surface area (Å²) in [6, 6.07) is 9.83. The van der Waals surface area contributed by atoms with Crippen LogP contribution in [0.5, 0.6) is 5.75 Å². The molecule has 1 saturated heterocycles. The molecule has 2 aliphatic rings. The Kier molecular flexibility index (Phi) is 3.88. The fourth-order valence-electron chi connectivity index (χ4n) is 3.09. The van der Waals surface area contributed by atoms with E-state index in [0.717, 1.165) is 43.1 Å². The molecule has 1 aliphatic carbocycles. The number of amides is 1. The molecular formula is C18H21N3O3. The van der Waals surface area contributed by atoms with E-state index in [1.807, 2.05) is 29.2 Å². The maximum atomic E-state index is 12.6. The Hall–Kier alpha value is -2.50. The standard InChI is InChI=1S/C18H21N3O3/c1-23-15-4-2-3-14(11-15)20-7-9-21(10-8-20)18(22)16-12-17(24-19-16)13-5-6-13/h2-4,11-13H,5-10H2,1H3. The molecule has 6 nitrogen and oxygen atoms in total. The Bertz CT molecular complexity index is 731. The van der Waals surface area contributed by atoms with Crippen LogP contribution in [0.15, 0.2) is 34.9 Å². The summed E-state index contributed by atoms with van der Waals surface area (Å²) in [6.45, 7) is 2.96. The van der Waals surface area contributed by atoms with E-state index in [0.29, 0.717) is 24.7 Å². The average molecular weight is 327 g/mol. The van der Waals surface area contributed by atoms with Gasteiger partial charge in [-0.2, -0.15) is 0 Å². The van der Waals surface area contributed by atoms with Crippen LogP contribution >= 0.6 is 0 Å². The third kappa shape index (κ3) is 2.96. The van der Waals surface area contributed by atoms with Gasteiger partial charge in [0.2, 0.25) is 0 Å². The van der Waals surface area contributed by atoms with Crippen LogP contribution in [-0.2, 0) is 0 Å². The molecule has 4 rings (SSSR count). The van der Waals surface area contributed by atoms with Gasteiger partial charge in [-0.05, 0) is 25.0 Å². The van der Waals surface area contributed by atoms with Crippen molar-refractivity contribution in [2.24, 2.45) is 0 Å². The first-order valence-corrected chi connectivity index (χ1v) is 8.39. The summed E-state index contributed by atoms with van der Waals surface area (Å²) in [5.74, 6) is 2.15. The summed E-state index contributed by atoms with van der Waals surface area (Å²) in [5.41, 5.74) is 1.56. The minimum Gasteiger partial charge on any atom is -0.497 e. The van der Waals surface area contributed by atoms with Crippen molar-refractivity contribution in [1.82, 2.24) is 10.1 Å². The van der Waals surface area contributed by atoms with Crippen molar-refractivity contribution in [2.45, 2.75) is 18.8 Å². The van der Waals surface area contributed by atoms with Gasteiger partial charge < -0.3 is 19.1 Å².